The van der Waals surface area contributed by atoms with Crippen LogP contribution in [-0.2, 0) is 0 Å². The Morgan fingerprint density at radius 3 is 2.48 bits per heavy atom. The molecule has 0 atom stereocenters. The number of hydrogen-bond acceptors (Lipinski definition) is 3. The molecule has 0 saturated heterocycles. The van der Waals surface area contributed by atoms with Crippen molar-refractivity contribution < 1.29 is 4.79 Å². The van der Waals surface area contributed by atoms with E-state index in [1.165, 1.54) is 4.90 Å². The molecule has 2 aromatic carbocycles. The molecule has 0 aliphatic rings. The number of nitrogens with zero attached hydrogens (tertiary/aromatic N) is 1. The summed E-state index contributed by atoms with van der Waals surface area (Å²) in [5, 5.41) is 1.08. The van der Waals surface area contributed by atoms with Crippen LogP contribution in [0.15, 0.2) is 82.8 Å². The Morgan fingerprint density at radius 2 is 1.76 bits per heavy atom. The van der Waals surface area contributed by atoms with Gasteiger partial charge >= 0.3 is 0 Å². The fourth-order valence-electron chi connectivity index (χ4n) is 2.79. The number of ketones is 1. The summed E-state index contributed by atoms with van der Waals surface area (Å²) in [5.74, 6) is 0.0775. The molecule has 122 valence electrons. The highest BCUT2D eigenvalue weighted by molar-refractivity contribution is 7.99. The zero-order valence-corrected chi connectivity index (χ0v) is 14.5. The van der Waals surface area contributed by atoms with Crippen molar-refractivity contribution in [3.05, 3.63) is 78.6 Å². The summed E-state index contributed by atoms with van der Waals surface area (Å²) in [7, 11) is 0. The van der Waals surface area contributed by atoms with Crippen LogP contribution >= 0.6 is 11.8 Å². The molecule has 0 radical (unpaired) electrons. The van der Waals surface area contributed by atoms with Gasteiger partial charge in [-0.1, -0.05) is 54.2 Å². The van der Waals surface area contributed by atoms with Crippen molar-refractivity contribution in [3.8, 4) is 11.1 Å². The second kappa shape index (κ2) is 6.57. The lowest BCUT2D eigenvalue weighted by molar-refractivity contribution is 0.101. The van der Waals surface area contributed by atoms with E-state index < -0.39 is 0 Å². The fraction of sp³-hybridized carbons (Fsp3) is 0.0476. The summed E-state index contributed by atoms with van der Waals surface area (Å²) < 4.78 is 0. The van der Waals surface area contributed by atoms with Crippen molar-refractivity contribution in [2.45, 2.75) is 16.7 Å². The van der Waals surface area contributed by atoms with Crippen molar-refractivity contribution in [2.75, 3.05) is 0 Å². The fourth-order valence-corrected chi connectivity index (χ4v) is 3.64. The molecule has 0 amide bonds. The lowest BCUT2D eigenvalue weighted by atomic mass is 10.0. The van der Waals surface area contributed by atoms with Gasteiger partial charge in [0.1, 0.15) is 5.65 Å². The molecule has 0 aliphatic heterocycles. The molecule has 0 saturated carbocycles. The lowest BCUT2D eigenvalue weighted by Crippen LogP contribution is -1.90. The van der Waals surface area contributed by atoms with Crippen LogP contribution in [0.1, 0.15) is 17.3 Å². The minimum absolute atomic E-state index is 0.0775. The molecule has 2 aromatic heterocycles. The summed E-state index contributed by atoms with van der Waals surface area (Å²) >= 11 is 1.70. The first kappa shape index (κ1) is 15.7. The summed E-state index contributed by atoms with van der Waals surface area (Å²) in [6.07, 6.45) is 3.86. The highest BCUT2D eigenvalue weighted by Crippen LogP contribution is 2.33. The number of carbonyl (C=O) groups is 1. The molecule has 0 aliphatic carbocycles. The topological polar surface area (TPSA) is 45.8 Å². The molecule has 25 heavy (non-hydrogen) atoms. The zero-order chi connectivity index (χ0) is 17.2. The van der Waals surface area contributed by atoms with Crippen LogP contribution in [0.5, 0.6) is 0 Å². The molecule has 2 heterocycles. The lowest BCUT2D eigenvalue weighted by Gasteiger charge is -2.04. The van der Waals surface area contributed by atoms with Gasteiger partial charge in [0.05, 0.1) is 0 Å². The van der Waals surface area contributed by atoms with Gasteiger partial charge in [-0.15, -0.1) is 0 Å². The number of fused-ring (bicyclic) bond motifs is 1. The smallest absolute Gasteiger partial charge is 0.159 e. The number of H-pyrrole nitrogens is 1. The van der Waals surface area contributed by atoms with E-state index in [-0.39, 0.29) is 5.78 Å². The van der Waals surface area contributed by atoms with Crippen LogP contribution in [0, 0.1) is 0 Å². The maximum Gasteiger partial charge on any atom is 0.159 e. The number of nitrogens with one attached hydrogen (secondary N) is 1. The predicted molar refractivity (Wildman–Crippen MR) is 102 cm³/mol. The molecule has 4 heteroatoms. The van der Waals surface area contributed by atoms with E-state index in [0.717, 1.165) is 32.6 Å². The first-order valence-electron chi connectivity index (χ1n) is 8.02. The van der Waals surface area contributed by atoms with E-state index in [9.17, 15) is 4.79 Å². The number of benzene rings is 2. The number of aromatic nitrogens is 2. The summed E-state index contributed by atoms with van der Waals surface area (Å²) in [4.78, 5) is 21.5. The van der Waals surface area contributed by atoms with Crippen molar-refractivity contribution in [1.29, 1.82) is 0 Å². The van der Waals surface area contributed by atoms with Crippen molar-refractivity contribution >= 4 is 28.6 Å². The average Bonchev–Trinajstić information content (AvgIpc) is 3.06. The second-order valence-electron chi connectivity index (χ2n) is 5.82. The quantitative estimate of drug-likeness (QED) is 0.491. The van der Waals surface area contributed by atoms with Crippen LogP contribution in [0.2, 0.25) is 0 Å². The Kier molecular flexibility index (Phi) is 4.12. The maximum absolute atomic E-state index is 11.5. The highest BCUT2D eigenvalue weighted by atomic mass is 32.2. The molecule has 0 unspecified atom stereocenters. The van der Waals surface area contributed by atoms with E-state index >= 15 is 0 Å². The second-order valence-corrected chi connectivity index (χ2v) is 6.97. The first-order chi connectivity index (χ1) is 12.2. The summed E-state index contributed by atoms with van der Waals surface area (Å²) in [5.41, 5.74) is 3.75. The Labute approximate surface area is 150 Å². The summed E-state index contributed by atoms with van der Waals surface area (Å²) in [6, 6.07) is 20.1. The molecular weight excluding hydrogens is 328 g/mol. The maximum atomic E-state index is 11.5. The van der Waals surface area contributed by atoms with Crippen molar-refractivity contribution in [3.63, 3.8) is 0 Å². The molecule has 0 bridgehead atoms. The van der Waals surface area contributed by atoms with Crippen molar-refractivity contribution in [1.82, 2.24) is 9.97 Å². The van der Waals surface area contributed by atoms with E-state index in [2.05, 4.69) is 28.2 Å². The third kappa shape index (κ3) is 3.21. The monoisotopic (exact) mass is 344 g/mol. The molecule has 0 fully saturated rings. The number of rotatable bonds is 4. The SMILES string of the molecule is CC(=O)c1ccc(-c2c[nH]c3ncc(Sc4ccccc4)cc23)cc1. The number of hydrogen-bond donors (Lipinski definition) is 1. The van der Waals surface area contributed by atoms with Gasteiger partial charge in [-0.25, -0.2) is 4.98 Å². The minimum atomic E-state index is 0.0775. The number of aromatic amines is 1. The Hall–Kier alpha value is -2.85. The average molecular weight is 344 g/mol. The van der Waals surface area contributed by atoms with Crippen molar-refractivity contribution in [2.24, 2.45) is 0 Å². The van der Waals surface area contributed by atoms with Gasteiger partial charge < -0.3 is 4.98 Å². The Balaban J connectivity index is 1.72. The molecular formula is C21H16N2OS. The van der Waals surface area contributed by atoms with E-state index in [0.29, 0.717) is 0 Å². The molecule has 4 aromatic rings. The largest absolute Gasteiger partial charge is 0.346 e. The van der Waals surface area contributed by atoms with Crippen LogP contribution < -0.4 is 0 Å². The zero-order valence-electron chi connectivity index (χ0n) is 13.7. The third-order valence-corrected chi connectivity index (χ3v) is 5.05. The highest BCUT2D eigenvalue weighted by Gasteiger charge is 2.09. The van der Waals surface area contributed by atoms with Gasteiger partial charge in [-0.05, 0) is 30.7 Å². The van der Waals surface area contributed by atoms with Gasteiger partial charge in [0, 0.05) is 38.7 Å². The van der Waals surface area contributed by atoms with Crippen LogP contribution in [0.4, 0.5) is 0 Å². The normalized spacial score (nSPS) is 10.9. The minimum Gasteiger partial charge on any atom is -0.346 e. The predicted octanol–water partition coefficient (Wildman–Crippen LogP) is 5.58. The first-order valence-corrected chi connectivity index (χ1v) is 8.84. The van der Waals surface area contributed by atoms with Crippen LogP contribution in [0.25, 0.3) is 22.2 Å². The van der Waals surface area contributed by atoms with Gasteiger partial charge in [0.2, 0.25) is 0 Å². The van der Waals surface area contributed by atoms with Gasteiger partial charge in [-0.2, -0.15) is 0 Å². The summed E-state index contributed by atoms with van der Waals surface area (Å²) in [6.45, 7) is 1.58. The van der Waals surface area contributed by atoms with Gasteiger partial charge in [0.25, 0.3) is 0 Å². The van der Waals surface area contributed by atoms with E-state index in [1.807, 2.05) is 54.9 Å². The molecule has 4 rings (SSSR count). The van der Waals surface area contributed by atoms with E-state index in [4.69, 9.17) is 0 Å². The van der Waals surface area contributed by atoms with Gasteiger partial charge in [-0.3, -0.25) is 4.79 Å². The van der Waals surface area contributed by atoms with Crippen LogP contribution in [0.3, 0.4) is 0 Å². The number of Topliss-reactive ketones (excluding diaryl/α,β-unsaturated/α-hetero) is 1. The Bertz CT molecular complexity index is 1040. The third-order valence-electron chi connectivity index (χ3n) is 4.09. The van der Waals surface area contributed by atoms with E-state index in [1.54, 1.807) is 18.7 Å². The standard InChI is InChI=1S/C21H16N2OS/c1-14(24)15-7-9-16(10-8-15)20-13-23-21-19(20)11-18(12-22-21)25-17-5-3-2-4-6-17/h2-13H,1H3,(H,22,23). The number of pyridine rings is 1. The Morgan fingerprint density at radius 1 is 1.00 bits per heavy atom. The number of carbonyl (C=O) groups excluding carboxylic acids is 1. The van der Waals surface area contributed by atoms with Crippen LogP contribution in [-0.4, -0.2) is 15.8 Å². The molecule has 1 N–H and O–H groups in total. The van der Waals surface area contributed by atoms with Gasteiger partial charge in [0.15, 0.2) is 5.78 Å². The molecule has 3 nitrogen and oxygen atoms in total. The molecule has 0 spiro atoms.